The van der Waals surface area contributed by atoms with Gasteiger partial charge in [0.25, 0.3) is 5.91 Å². The molecule has 1 saturated heterocycles. The van der Waals surface area contributed by atoms with E-state index >= 15 is 0 Å². The first-order valence-electron chi connectivity index (χ1n) is 13.3. The average molecular weight is 615 g/mol. The SMILES string of the molecule is Cc1c(Cl)ccc2sc(N(CCCN3CCOCC3)C(=O)c3ccc(S(=O)(=O)N(CCC#N)CCC#N)cc3)nc12. The van der Waals surface area contributed by atoms with E-state index in [4.69, 9.17) is 31.8 Å². The molecular weight excluding hydrogens is 584 g/mol. The molecule has 3 aromatic rings. The zero-order chi connectivity index (χ0) is 29.4. The van der Waals surface area contributed by atoms with E-state index in [1.807, 2.05) is 31.2 Å². The number of benzene rings is 2. The number of hydrogen-bond acceptors (Lipinski definition) is 9. The number of halogens is 1. The highest BCUT2D eigenvalue weighted by atomic mass is 35.5. The molecule has 0 N–H and O–H groups in total. The summed E-state index contributed by atoms with van der Waals surface area (Å²) in [6.07, 6.45) is 0.738. The molecule has 0 atom stereocenters. The predicted octanol–water partition coefficient (Wildman–Crippen LogP) is 4.45. The number of carbonyl (C=O) groups excluding carboxylic acids is 1. The first-order chi connectivity index (χ1) is 19.8. The molecule has 1 aliphatic rings. The molecule has 0 saturated carbocycles. The van der Waals surface area contributed by atoms with Crippen molar-refractivity contribution in [1.29, 1.82) is 10.5 Å². The Kier molecular flexibility index (Phi) is 10.7. The van der Waals surface area contributed by atoms with Gasteiger partial charge in [-0.25, -0.2) is 13.4 Å². The van der Waals surface area contributed by atoms with Crippen LogP contribution in [0.2, 0.25) is 5.02 Å². The minimum absolute atomic E-state index is 0.00551. The molecule has 1 aromatic heterocycles. The second kappa shape index (κ2) is 14.2. The number of aromatic nitrogens is 1. The van der Waals surface area contributed by atoms with Crippen LogP contribution < -0.4 is 4.90 Å². The Labute approximate surface area is 249 Å². The van der Waals surface area contributed by atoms with Crippen molar-refractivity contribution >= 4 is 54.2 Å². The number of nitrogens with zero attached hydrogens (tertiary/aromatic N) is 6. The summed E-state index contributed by atoms with van der Waals surface area (Å²) in [6.45, 7) is 6.19. The van der Waals surface area contributed by atoms with Gasteiger partial charge in [-0.1, -0.05) is 22.9 Å². The lowest BCUT2D eigenvalue weighted by Crippen LogP contribution is -2.39. The molecule has 0 spiro atoms. The van der Waals surface area contributed by atoms with E-state index in [-0.39, 0.29) is 36.7 Å². The molecule has 0 radical (unpaired) electrons. The number of hydrogen-bond donors (Lipinski definition) is 0. The number of carbonyl (C=O) groups is 1. The lowest BCUT2D eigenvalue weighted by molar-refractivity contribution is 0.0376. The zero-order valence-corrected chi connectivity index (χ0v) is 25.1. The molecule has 10 nitrogen and oxygen atoms in total. The Morgan fingerprint density at radius 2 is 1.73 bits per heavy atom. The van der Waals surface area contributed by atoms with Gasteiger partial charge in [0, 0.05) is 62.7 Å². The maximum absolute atomic E-state index is 13.8. The Hall–Kier alpha value is -3.10. The summed E-state index contributed by atoms with van der Waals surface area (Å²) in [5, 5.41) is 19.0. The summed E-state index contributed by atoms with van der Waals surface area (Å²) >= 11 is 7.73. The Bertz CT molecular complexity index is 1540. The third kappa shape index (κ3) is 7.41. The maximum atomic E-state index is 13.8. The molecule has 4 rings (SSSR count). The summed E-state index contributed by atoms with van der Waals surface area (Å²) in [7, 11) is -3.95. The summed E-state index contributed by atoms with van der Waals surface area (Å²) in [5.74, 6) is -0.287. The van der Waals surface area contributed by atoms with Crippen molar-refractivity contribution in [2.24, 2.45) is 0 Å². The predicted molar refractivity (Wildman–Crippen MR) is 159 cm³/mol. The van der Waals surface area contributed by atoms with Gasteiger partial charge < -0.3 is 4.74 Å². The number of thiazole rings is 1. The molecule has 1 amide bonds. The molecule has 0 aliphatic carbocycles. The molecular formula is C28H31ClN6O4S2. The van der Waals surface area contributed by atoms with E-state index < -0.39 is 10.0 Å². The number of nitriles is 2. The van der Waals surface area contributed by atoms with Crippen LogP contribution in [0.3, 0.4) is 0 Å². The highest BCUT2D eigenvalue weighted by Gasteiger charge is 2.26. The minimum Gasteiger partial charge on any atom is -0.379 e. The minimum atomic E-state index is -3.95. The van der Waals surface area contributed by atoms with E-state index in [0.29, 0.717) is 35.5 Å². The van der Waals surface area contributed by atoms with Crippen molar-refractivity contribution in [2.45, 2.75) is 31.1 Å². The highest BCUT2D eigenvalue weighted by molar-refractivity contribution is 7.89. The van der Waals surface area contributed by atoms with E-state index in [0.717, 1.165) is 46.1 Å². The van der Waals surface area contributed by atoms with Gasteiger partial charge in [-0.15, -0.1) is 0 Å². The van der Waals surface area contributed by atoms with Gasteiger partial charge in [0.05, 0.1) is 40.5 Å². The van der Waals surface area contributed by atoms with Crippen LogP contribution >= 0.6 is 22.9 Å². The summed E-state index contributed by atoms with van der Waals surface area (Å²) < 4.78 is 33.9. The van der Waals surface area contributed by atoms with Crippen molar-refractivity contribution in [2.75, 3.05) is 57.4 Å². The number of morpholine rings is 1. The van der Waals surface area contributed by atoms with E-state index in [1.54, 1.807) is 4.90 Å². The Morgan fingerprint density at radius 3 is 2.37 bits per heavy atom. The average Bonchev–Trinajstić information content (AvgIpc) is 3.42. The molecule has 1 fully saturated rings. The van der Waals surface area contributed by atoms with Crippen LogP contribution in [0.1, 0.15) is 35.2 Å². The normalized spacial score (nSPS) is 14.2. The zero-order valence-electron chi connectivity index (χ0n) is 22.8. The third-order valence-electron chi connectivity index (χ3n) is 6.86. The second-order valence-electron chi connectivity index (χ2n) is 9.52. The lowest BCUT2D eigenvalue weighted by Gasteiger charge is -2.27. The van der Waals surface area contributed by atoms with Gasteiger partial charge in [-0.05, 0) is 55.3 Å². The van der Waals surface area contributed by atoms with Crippen molar-refractivity contribution < 1.29 is 17.9 Å². The second-order valence-corrected chi connectivity index (χ2v) is 12.9. The Morgan fingerprint density at radius 1 is 1.07 bits per heavy atom. The van der Waals surface area contributed by atoms with Gasteiger partial charge in [-0.2, -0.15) is 14.8 Å². The largest absolute Gasteiger partial charge is 0.379 e. The maximum Gasteiger partial charge on any atom is 0.260 e. The van der Waals surface area contributed by atoms with E-state index in [1.165, 1.54) is 35.6 Å². The molecule has 13 heteroatoms. The van der Waals surface area contributed by atoms with Gasteiger partial charge in [0.1, 0.15) is 0 Å². The molecule has 216 valence electrons. The fourth-order valence-electron chi connectivity index (χ4n) is 4.54. The van der Waals surface area contributed by atoms with E-state index in [2.05, 4.69) is 4.90 Å². The van der Waals surface area contributed by atoms with Crippen molar-refractivity contribution in [3.63, 3.8) is 0 Å². The number of aryl methyl sites for hydroxylation is 1. The van der Waals surface area contributed by atoms with Gasteiger partial charge >= 0.3 is 0 Å². The van der Waals surface area contributed by atoms with Gasteiger partial charge in [0.15, 0.2) is 5.13 Å². The van der Waals surface area contributed by atoms with Crippen LogP contribution in [0, 0.1) is 29.6 Å². The Balaban J connectivity index is 1.59. The summed E-state index contributed by atoms with van der Waals surface area (Å²) in [4.78, 5) is 22.6. The van der Waals surface area contributed by atoms with Gasteiger partial charge in [0.2, 0.25) is 10.0 Å². The molecule has 0 bridgehead atoms. The smallest absolute Gasteiger partial charge is 0.260 e. The number of sulfonamides is 1. The van der Waals surface area contributed by atoms with Crippen LogP contribution in [0.5, 0.6) is 0 Å². The van der Waals surface area contributed by atoms with Crippen molar-refractivity contribution in [1.82, 2.24) is 14.2 Å². The monoisotopic (exact) mass is 614 g/mol. The van der Waals surface area contributed by atoms with Crippen LogP contribution in [-0.2, 0) is 14.8 Å². The first-order valence-corrected chi connectivity index (χ1v) is 15.9. The van der Waals surface area contributed by atoms with E-state index in [9.17, 15) is 13.2 Å². The molecule has 41 heavy (non-hydrogen) atoms. The standard InChI is InChI=1S/C28H31ClN6O4S2/c1-21-24(29)9-10-25-26(21)32-28(40-25)35(16-4-13-33-17-19-39-20-18-33)27(36)22-5-7-23(8-6-22)41(37,38)34(14-2-11-30)15-3-12-31/h5-10H,2-4,13-20H2,1H3. The molecule has 2 heterocycles. The number of fused-ring (bicyclic) bond motifs is 1. The van der Waals surface area contributed by atoms with Crippen molar-refractivity contribution in [3.8, 4) is 12.1 Å². The fraction of sp³-hybridized carbons (Fsp3) is 0.429. The first kappa shape index (κ1) is 30.8. The van der Waals surface area contributed by atoms with Crippen LogP contribution in [0.25, 0.3) is 10.2 Å². The topological polar surface area (TPSA) is 131 Å². The highest BCUT2D eigenvalue weighted by Crippen LogP contribution is 2.34. The fourth-order valence-corrected chi connectivity index (χ4v) is 7.18. The number of amides is 1. The van der Waals surface area contributed by atoms with Crippen molar-refractivity contribution in [3.05, 3.63) is 52.5 Å². The number of rotatable bonds is 12. The van der Waals surface area contributed by atoms with Crippen LogP contribution in [-0.4, -0.2) is 81.0 Å². The number of anilines is 1. The molecule has 0 unspecified atom stereocenters. The van der Waals surface area contributed by atoms with Crippen LogP contribution in [0.15, 0.2) is 41.3 Å². The summed E-state index contributed by atoms with van der Waals surface area (Å²) in [6, 6.07) is 13.4. The summed E-state index contributed by atoms with van der Waals surface area (Å²) in [5.41, 5.74) is 1.92. The van der Waals surface area contributed by atoms with Crippen LogP contribution in [0.4, 0.5) is 5.13 Å². The third-order valence-corrected chi connectivity index (χ3v) is 10.2. The number of ether oxygens (including phenoxy) is 1. The lowest BCUT2D eigenvalue weighted by atomic mass is 10.2. The van der Waals surface area contributed by atoms with Gasteiger partial charge in [-0.3, -0.25) is 14.6 Å². The quantitative estimate of drug-likeness (QED) is 0.292. The molecule has 2 aromatic carbocycles. The molecule has 1 aliphatic heterocycles.